The van der Waals surface area contributed by atoms with Gasteiger partial charge >= 0.3 is 0 Å². The van der Waals surface area contributed by atoms with Crippen LogP contribution >= 0.6 is 74.0 Å². The quantitative estimate of drug-likeness (QED) is 0.546. The maximum Gasteiger partial charge on any atom is 0.0178 e. The third kappa shape index (κ3) is 4.03. The highest BCUT2D eigenvalue weighted by Gasteiger charge is 2.34. The van der Waals surface area contributed by atoms with Crippen molar-refractivity contribution in [1.82, 2.24) is 0 Å². The van der Waals surface area contributed by atoms with Crippen LogP contribution in [0.1, 0.15) is 6.42 Å². The number of rotatable bonds is 6. The molecule has 2 rings (SSSR count). The van der Waals surface area contributed by atoms with Gasteiger partial charge in [-0.15, -0.1) is 0 Å². The van der Waals surface area contributed by atoms with Crippen LogP contribution in [0.2, 0.25) is 0 Å². The fourth-order valence-electron chi connectivity index (χ4n) is 2.06. The molecule has 0 saturated carbocycles. The van der Waals surface area contributed by atoms with E-state index >= 15 is 0 Å². The van der Waals surface area contributed by atoms with Crippen molar-refractivity contribution < 1.29 is 0 Å². The molecule has 100 valence electrons. The average Bonchev–Trinajstić information content (AvgIpc) is 2.11. The SMILES string of the molecule is SC(CC(S)C(S)C1CSC1)C(S)C1CSC1. The first-order chi connectivity index (χ1) is 8.09. The number of thiol groups is 4. The predicted octanol–water partition coefficient (Wildman–Crippen LogP) is 3.30. The Morgan fingerprint density at radius 3 is 1.35 bits per heavy atom. The van der Waals surface area contributed by atoms with Crippen molar-refractivity contribution in [2.45, 2.75) is 27.4 Å². The van der Waals surface area contributed by atoms with Gasteiger partial charge < -0.3 is 0 Å². The number of hydrogen-bond donors (Lipinski definition) is 4. The van der Waals surface area contributed by atoms with Gasteiger partial charge in [-0.05, 0) is 41.3 Å². The number of thioether (sulfide) groups is 2. The topological polar surface area (TPSA) is 0 Å². The lowest BCUT2D eigenvalue weighted by molar-refractivity contribution is 0.521. The molecule has 0 aliphatic carbocycles. The van der Waals surface area contributed by atoms with Crippen molar-refractivity contribution in [3.8, 4) is 0 Å². The Balaban J connectivity index is 1.74. The summed E-state index contributed by atoms with van der Waals surface area (Å²) in [4.78, 5) is 0. The molecule has 2 saturated heterocycles. The second-order valence-corrected chi connectivity index (χ2v) is 9.62. The zero-order valence-electron chi connectivity index (χ0n) is 9.60. The second-order valence-electron chi connectivity index (χ2n) is 4.95. The van der Waals surface area contributed by atoms with E-state index in [2.05, 4.69) is 0 Å². The molecule has 0 aromatic carbocycles. The van der Waals surface area contributed by atoms with Crippen LogP contribution in [-0.2, 0) is 0 Å². The molecule has 2 heterocycles. The summed E-state index contributed by atoms with van der Waals surface area (Å²) in [5, 5.41) is 1.55. The molecular weight excluding hydrogens is 325 g/mol. The molecular formula is C11H20S6. The zero-order valence-corrected chi connectivity index (χ0v) is 14.8. The highest BCUT2D eigenvalue weighted by Crippen LogP contribution is 2.38. The molecule has 4 atom stereocenters. The lowest BCUT2D eigenvalue weighted by atomic mass is 9.98. The van der Waals surface area contributed by atoms with Crippen molar-refractivity contribution in [3.05, 3.63) is 0 Å². The van der Waals surface area contributed by atoms with E-state index in [1.54, 1.807) is 0 Å². The fourth-order valence-corrected chi connectivity index (χ4v) is 6.24. The summed E-state index contributed by atoms with van der Waals surface area (Å²) in [5.74, 6) is 6.53. The molecule has 0 nitrogen and oxygen atoms in total. The van der Waals surface area contributed by atoms with Gasteiger partial charge in [0.25, 0.3) is 0 Å². The van der Waals surface area contributed by atoms with Crippen LogP contribution in [0, 0.1) is 11.8 Å². The van der Waals surface area contributed by atoms with E-state index in [-0.39, 0.29) is 0 Å². The molecule has 0 N–H and O–H groups in total. The van der Waals surface area contributed by atoms with E-state index in [1.807, 2.05) is 23.5 Å². The summed E-state index contributed by atoms with van der Waals surface area (Å²) in [7, 11) is 0. The Labute approximate surface area is 135 Å². The summed E-state index contributed by atoms with van der Waals surface area (Å²) in [6.45, 7) is 0. The summed E-state index contributed by atoms with van der Waals surface area (Å²) in [6.07, 6.45) is 1.02. The summed E-state index contributed by atoms with van der Waals surface area (Å²) in [6, 6.07) is 0. The Morgan fingerprint density at radius 2 is 1.12 bits per heavy atom. The maximum atomic E-state index is 4.73. The second kappa shape index (κ2) is 7.21. The molecule has 0 aromatic rings. The van der Waals surface area contributed by atoms with Crippen LogP contribution in [0.4, 0.5) is 0 Å². The average molecular weight is 345 g/mol. The molecule has 4 unspecified atom stereocenters. The Kier molecular flexibility index (Phi) is 6.57. The van der Waals surface area contributed by atoms with Crippen molar-refractivity contribution in [3.63, 3.8) is 0 Å². The smallest absolute Gasteiger partial charge is 0.0178 e. The molecule has 2 aliphatic rings. The van der Waals surface area contributed by atoms with E-state index in [0.29, 0.717) is 21.0 Å². The molecule has 0 amide bonds. The molecule has 0 radical (unpaired) electrons. The van der Waals surface area contributed by atoms with Gasteiger partial charge in [0.05, 0.1) is 0 Å². The third-order valence-corrected chi connectivity index (χ3v) is 9.32. The van der Waals surface area contributed by atoms with Crippen molar-refractivity contribution in [1.29, 1.82) is 0 Å². The Bertz CT molecular complexity index is 216. The minimum absolute atomic E-state index is 0.356. The maximum absolute atomic E-state index is 4.73. The van der Waals surface area contributed by atoms with Crippen LogP contribution in [0.3, 0.4) is 0 Å². The lowest BCUT2D eigenvalue weighted by Gasteiger charge is -2.37. The fraction of sp³-hybridized carbons (Fsp3) is 1.00. The van der Waals surface area contributed by atoms with Crippen LogP contribution < -0.4 is 0 Å². The van der Waals surface area contributed by atoms with E-state index < -0.39 is 0 Å². The van der Waals surface area contributed by atoms with Crippen molar-refractivity contribution in [2.24, 2.45) is 11.8 Å². The number of hydrogen-bond acceptors (Lipinski definition) is 6. The van der Waals surface area contributed by atoms with Crippen molar-refractivity contribution in [2.75, 3.05) is 23.0 Å². The summed E-state index contributed by atoms with van der Waals surface area (Å²) >= 11 is 22.9. The van der Waals surface area contributed by atoms with Gasteiger partial charge in [-0.25, -0.2) is 0 Å². The first-order valence-corrected chi connectivity index (χ1v) is 10.3. The van der Waals surface area contributed by atoms with E-state index in [9.17, 15) is 0 Å². The minimum Gasteiger partial charge on any atom is -0.175 e. The standard InChI is InChI=1S/C11H20S6/c12-8(10(14)6-2-16-3-6)1-9(13)11(15)7-4-17-5-7/h6-15H,1-5H2. The molecule has 0 bridgehead atoms. The molecule has 0 aromatic heterocycles. The molecule has 0 spiro atoms. The van der Waals surface area contributed by atoms with Crippen LogP contribution in [0.15, 0.2) is 0 Å². The Morgan fingerprint density at radius 1 is 0.765 bits per heavy atom. The monoisotopic (exact) mass is 344 g/mol. The van der Waals surface area contributed by atoms with Gasteiger partial charge in [0.1, 0.15) is 0 Å². The van der Waals surface area contributed by atoms with Gasteiger partial charge in [0.15, 0.2) is 0 Å². The largest absolute Gasteiger partial charge is 0.175 e. The molecule has 6 heteroatoms. The highest BCUT2D eigenvalue weighted by atomic mass is 32.2. The molecule has 17 heavy (non-hydrogen) atoms. The molecule has 2 aliphatic heterocycles. The highest BCUT2D eigenvalue weighted by molar-refractivity contribution is 8.01. The van der Waals surface area contributed by atoms with Gasteiger partial charge in [-0.1, -0.05) is 0 Å². The van der Waals surface area contributed by atoms with E-state index in [4.69, 9.17) is 50.5 Å². The van der Waals surface area contributed by atoms with E-state index in [0.717, 1.165) is 18.3 Å². The first-order valence-electron chi connectivity index (χ1n) is 5.97. The third-order valence-electron chi connectivity index (χ3n) is 3.57. The van der Waals surface area contributed by atoms with E-state index in [1.165, 1.54) is 23.0 Å². The Hall–Kier alpha value is 2.10. The van der Waals surface area contributed by atoms with Gasteiger partial charge in [0, 0.05) is 21.0 Å². The van der Waals surface area contributed by atoms with Crippen molar-refractivity contribution >= 4 is 74.0 Å². The summed E-state index contributed by atoms with van der Waals surface area (Å²) < 4.78 is 0. The minimum atomic E-state index is 0.356. The normalized spacial score (nSPS) is 28.9. The predicted molar refractivity (Wildman–Crippen MR) is 97.3 cm³/mol. The lowest BCUT2D eigenvalue weighted by Crippen LogP contribution is -2.39. The first kappa shape index (κ1) is 15.5. The van der Waals surface area contributed by atoms with Crippen LogP contribution in [-0.4, -0.2) is 44.0 Å². The van der Waals surface area contributed by atoms with Crippen LogP contribution in [0.5, 0.6) is 0 Å². The zero-order chi connectivity index (χ0) is 12.4. The van der Waals surface area contributed by atoms with Gasteiger partial charge in [-0.2, -0.15) is 74.0 Å². The van der Waals surface area contributed by atoms with Gasteiger partial charge in [0.2, 0.25) is 0 Å². The summed E-state index contributed by atoms with van der Waals surface area (Å²) in [5.41, 5.74) is 0. The van der Waals surface area contributed by atoms with Gasteiger partial charge in [-0.3, -0.25) is 0 Å². The van der Waals surface area contributed by atoms with Crippen LogP contribution in [0.25, 0.3) is 0 Å². The molecule has 2 fully saturated rings.